The Balaban J connectivity index is 1.67. The van der Waals surface area contributed by atoms with Crippen LogP contribution in [0.3, 0.4) is 0 Å². The number of carbonyl (C=O) groups excluding carboxylic acids is 1. The zero-order valence-electron chi connectivity index (χ0n) is 19.3. The second kappa shape index (κ2) is 8.90. The van der Waals surface area contributed by atoms with Gasteiger partial charge in [-0.3, -0.25) is 10.2 Å². The van der Waals surface area contributed by atoms with Gasteiger partial charge in [-0.2, -0.15) is 15.1 Å². The molecule has 1 aromatic carbocycles. The number of nitrogens with one attached hydrogen (secondary N) is 1. The second-order valence-electron chi connectivity index (χ2n) is 8.35. The molecule has 0 spiro atoms. The number of nitrogens with zero attached hydrogens (tertiary/aromatic N) is 4. The third kappa shape index (κ3) is 3.97. The zero-order chi connectivity index (χ0) is 23.0. The zero-order valence-corrected chi connectivity index (χ0v) is 20.1. The largest absolute Gasteiger partial charge is 0.318 e. The molecule has 0 atom stereocenters. The number of amides is 1. The minimum Gasteiger partial charge on any atom is -0.318 e. The molecule has 2 aromatic rings. The van der Waals surface area contributed by atoms with Crippen LogP contribution in [0.2, 0.25) is 0 Å². The number of amidine groups is 2. The Bertz CT molecular complexity index is 1200. The summed E-state index contributed by atoms with van der Waals surface area (Å²) < 4.78 is 2.20. The van der Waals surface area contributed by atoms with Gasteiger partial charge in [0.15, 0.2) is 5.84 Å². The third-order valence-electron chi connectivity index (χ3n) is 6.08. The van der Waals surface area contributed by atoms with Crippen LogP contribution < -0.4 is 0 Å². The van der Waals surface area contributed by atoms with Crippen molar-refractivity contribution in [3.63, 3.8) is 0 Å². The summed E-state index contributed by atoms with van der Waals surface area (Å²) in [5.74, 6) is -0.287. The Morgan fingerprint density at radius 2 is 1.94 bits per heavy atom. The van der Waals surface area contributed by atoms with Gasteiger partial charge >= 0.3 is 0 Å². The van der Waals surface area contributed by atoms with Crippen LogP contribution in [0.5, 0.6) is 0 Å². The second-order valence-corrected chi connectivity index (χ2v) is 9.39. The number of fused-ring (bicyclic) bond motifs is 1. The molecule has 32 heavy (non-hydrogen) atoms. The molecule has 0 unspecified atom stereocenters. The van der Waals surface area contributed by atoms with Crippen LogP contribution in [0.15, 0.2) is 39.9 Å². The average Bonchev–Trinajstić information content (AvgIpc) is 3.28. The minimum absolute atomic E-state index is 0.0922. The monoisotopic (exact) mass is 447 g/mol. The molecule has 2 aliphatic heterocycles. The quantitative estimate of drug-likeness (QED) is 0.442. The van der Waals surface area contributed by atoms with Gasteiger partial charge in [0.05, 0.1) is 5.57 Å². The van der Waals surface area contributed by atoms with Gasteiger partial charge in [-0.1, -0.05) is 31.9 Å². The van der Waals surface area contributed by atoms with Crippen LogP contribution >= 0.6 is 11.8 Å². The van der Waals surface area contributed by atoms with Gasteiger partial charge in [-0.25, -0.2) is 0 Å². The number of hydrazone groups is 1. The molecule has 7 heteroatoms. The molecule has 1 amide bonds. The summed E-state index contributed by atoms with van der Waals surface area (Å²) in [6.45, 7) is 10.5. The van der Waals surface area contributed by atoms with Gasteiger partial charge < -0.3 is 4.57 Å². The summed E-state index contributed by atoms with van der Waals surface area (Å²) in [5.41, 5.74) is 6.88. The van der Waals surface area contributed by atoms with Crippen molar-refractivity contribution >= 4 is 39.8 Å². The van der Waals surface area contributed by atoms with E-state index in [-0.39, 0.29) is 17.3 Å². The van der Waals surface area contributed by atoms with Gasteiger partial charge in [0.1, 0.15) is 5.04 Å². The molecule has 0 fully saturated rings. The Labute approximate surface area is 193 Å². The van der Waals surface area contributed by atoms with Crippen LogP contribution in [0.25, 0.3) is 11.8 Å². The highest BCUT2D eigenvalue weighted by molar-refractivity contribution is 8.26. The highest BCUT2D eigenvalue weighted by atomic mass is 32.2. The van der Waals surface area contributed by atoms with Crippen LogP contribution in [-0.2, 0) is 4.79 Å². The molecule has 0 aliphatic carbocycles. The maximum Gasteiger partial charge on any atom is 0.283 e. The van der Waals surface area contributed by atoms with Crippen molar-refractivity contribution in [2.75, 3.05) is 0 Å². The molecule has 4 rings (SSSR count). The van der Waals surface area contributed by atoms with E-state index in [1.165, 1.54) is 27.9 Å². The number of hydrogen-bond donors (Lipinski definition) is 1. The fourth-order valence-electron chi connectivity index (χ4n) is 4.10. The molecule has 3 heterocycles. The predicted octanol–water partition coefficient (Wildman–Crippen LogP) is 5.91. The van der Waals surface area contributed by atoms with Gasteiger partial charge in [-0.05, 0) is 87.2 Å². The van der Waals surface area contributed by atoms with E-state index in [4.69, 9.17) is 5.41 Å². The summed E-state index contributed by atoms with van der Waals surface area (Å²) >= 11 is 1.40. The first-order valence-electron chi connectivity index (χ1n) is 11.1. The predicted molar refractivity (Wildman–Crippen MR) is 134 cm³/mol. The van der Waals surface area contributed by atoms with E-state index < -0.39 is 0 Å². The molecule has 1 aromatic heterocycles. The third-order valence-corrected chi connectivity index (χ3v) is 7.05. The fraction of sp³-hybridized carbons (Fsp3) is 0.360. The van der Waals surface area contributed by atoms with Crippen LogP contribution in [0, 0.1) is 33.1 Å². The summed E-state index contributed by atoms with van der Waals surface area (Å²) in [6.07, 6.45) is 5.97. The van der Waals surface area contributed by atoms with E-state index in [9.17, 15) is 4.79 Å². The minimum atomic E-state index is -0.379. The number of carbonyl (C=O) groups is 1. The first-order valence-corrected chi connectivity index (χ1v) is 11.9. The van der Waals surface area contributed by atoms with E-state index in [0.29, 0.717) is 5.17 Å². The number of aryl methyl sites for hydroxylation is 2. The molecule has 0 saturated carbocycles. The van der Waals surface area contributed by atoms with E-state index in [2.05, 4.69) is 66.6 Å². The summed E-state index contributed by atoms with van der Waals surface area (Å²) in [4.78, 5) is 17.0. The summed E-state index contributed by atoms with van der Waals surface area (Å²) in [6, 6.07) is 8.34. The number of benzene rings is 1. The van der Waals surface area contributed by atoms with Gasteiger partial charge in [-0.15, -0.1) is 0 Å². The van der Waals surface area contributed by atoms with Crippen LogP contribution in [-0.4, -0.2) is 31.5 Å². The van der Waals surface area contributed by atoms with Crippen molar-refractivity contribution in [2.24, 2.45) is 10.1 Å². The van der Waals surface area contributed by atoms with Crippen LogP contribution in [0.4, 0.5) is 0 Å². The van der Waals surface area contributed by atoms with Crippen molar-refractivity contribution < 1.29 is 4.79 Å². The van der Waals surface area contributed by atoms with Gasteiger partial charge in [0, 0.05) is 17.1 Å². The molecule has 6 nitrogen and oxygen atoms in total. The number of aliphatic imine (C=N–C) groups is 1. The number of hydrogen-bond acceptors (Lipinski definition) is 4. The maximum atomic E-state index is 12.8. The lowest BCUT2D eigenvalue weighted by Gasteiger charge is -2.20. The number of rotatable bonds is 6. The van der Waals surface area contributed by atoms with Gasteiger partial charge in [0.2, 0.25) is 5.17 Å². The molecule has 0 saturated heterocycles. The molecular formula is C25H29N5OS. The molecule has 0 radical (unpaired) electrons. The van der Waals surface area contributed by atoms with Gasteiger partial charge in [0.25, 0.3) is 5.91 Å². The van der Waals surface area contributed by atoms with Crippen molar-refractivity contribution in [3.8, 4) is 5.69 Å². The molecule has 2 aliphatic rings. The molecular weight excluding hydrogens is 418 g/mol. The summed E-state index contributed by atoms with van der Waals surface area (Å²) in [7, 11) is 0. The summed E-state index contributed by atoms with van der Waals surface area (Å²) in [5, 5.41) is 16.1. The van der Waals surface area contributed by atoms with Crippen LogP contribution in [0.1, 0.15) is 60.7 Å². The molecule has 1 N–H and O–H groups in total. The fourth-order valence-corrected chi connectivity index (χ4v) is 5.02. The highest BCUT2D eigenvalue weighted by Crippen LogP contribution is 2.31. The Kier molecular flexibility index (Phi) is 6.20. The maximum absolute atomic E-state index is 12.8. The Morgan fingerprint density at radius 1 is 1.16 bits per heavy atom. The van der Waals surface area contributed by atoms with E-state index in [1.54, 1.807) is 6.08 Å². The Hall–Kier alpha value is -2.93. The van der Waals surface area contributed by atoms with E-state index in [0.717, 1.165) is 53.4 Å². The van der Waals surface area contributed by atoms with E-state index >= 15 is 0 Å². The van der Waals surface area contributed by atoms with E-state index in [1.807, 2.05) is 6.92 Å². The lowest BCUT2D eigenvalue weighted by molar-refractivity contribution is -0.114. The number of aromatic nitrogens is 1. The molecule has 0 bridgehead atoms. The van der Waals surface area contributed by atoms with Crippen molar-refractivity contribution in [2.45, 2.75) is 60.3 Å². The number of unbranched alkanes of at least 4 members (excludes halogenated alkanes) is 2. The Morgan fingerprint density at radius 3 is 2.69 bits per heavy atom. The molecule has 166 valence electrons. The normalized spacial score (nSPS) is 17.2. The topological polar surface area (TPSA) is 73.8 Å². The van der Waals surface area contributed by atoms with Crippen molar-refractivity contribution in [1.82, 2.24) is 9.58 Å². The first-order chi connectivity index (χ1) is 15.3. The van der Waals surface area contributed by atoms with Crippen molar-refractivity contribution in [3.05, 3.63) is 57.9 Å². The average molecular weight is 448 g/mol. The lowest BCUT2D eigenvalue weighted by Crippen LogP contribution is -2.35. The van der Waals surface area contributed by atoms with Crippen molar-refractivity contribution in [1.29, 1.82) is 5.41 Å². The lowest BCUT2D eigenvalue weighted by atomic mass is 10.1. The smallest absolute Gasteiger partial charge is 0.283 e. The number of thioether (sulfide) groups is 1. The first kappa shape index (κ1) is 22.3. The highest BCUT2D eigenvalue weighted by Gasteiger charge is 2.35. The standard InChI is InChI=1S/C25H29N5OS/c1-6-7-8-12-22-28-30-23(26)20(24(31)27-25(30)32-22)14-19-13-16(3)29(18(19)5)21-11-9-10-15(2)17(21)4/h9-11,13-14,26H,6-8,12H2,1-5H3/b20-14-,26-23?. The SMILES string of the molecule is CCCCCC1=NN2C(=N)/C(=C/c3cc(C)n(-c4cccc(C)c4C)c3C)C(=O)N=C2S1.